The van der Waals surface area contributed by atoms with Crippen molar-refractivity contribution in [1.82, 2.24) is 0 Å². The summed E-state index contributed by atoms with van der Waals surface area (Å²) < 4.78 is 0. The van der Waals surface area contributed by atoms with E-state index in [2.05, 4.69) is 67.6 Å². The van der Waals surface area contributed by atoms with E-state index in [1.54, 1.807) is 0 Å². The van der Waals surface area contributed by atoms with Crippen LogP contribution in [-0.2, 0) is 5.75 Å². The third kappa shape index (κ3) is 4.12. The maximum atomic E-state index is 2.23. The molecule has 0 nitrogen and oxygen atoms in total. The molecule has 0 atom stereocenters. The van der Waals surface area contributed by atoms with Gasteiger partial charge in [-0.3, -0.25) is 0 Å². The maximum Gasteiger partial charge on any atom is 0.0228 e. The lowest BCUT2D eigenvalue weighted by molar-refractivity contribution is 1.42. The molecule has 86 valence electrons. The van der Waals surface area contributed by atoms with Crippen molar-refractivity contribution >= 4 is 17.8 Å². The van der Waals surface area contributed by atoms with Crippen molar-refractivity contribution in [3.63, 3.8) is 0 Å². The summed E-state index contributed by atoms with van der Waals surface area (Å²) in [5.74, 6) is 1.04. The van der Waals surface area contributed by atoms with Gasteiger partial charge in [0.15, 0.2) is 0 Å². The standard InChI is InChI=1S/C16H16S/c1-14(12-15-8-4-2-5-9-15)17-13-16-10-6-3-7-11-16/h2-12H,13H2,1H3/b14-12+. The molecule has 0 fully saturated rings. The monoisotopic (exact) mass is 240 g/mol. The number of hydrogen-bond donors (Lipinski definition) is 0. The highest BCUT2D eigenvalue weighted by Crippen LogP contribution is 2.22. The van der Waals surface area contributed by atoms with Crippen LogP contribution < -0.4 is 0 Å². The van der Waals surface area contributed by atoms with Gasteiger partial charge in [-0.25, -0.2) is 0 Å². The lowest BCUT2D eigenvalue weighted by Gasteiger charge is -2.02. The zero-order valence-corrected chi connectivity index (χ0v) is 10.8. The van der Waals surface area contributed by atoms with Gasteiger partial charge >= 0.3 is 0 Å². The summed E-state index contributed by atoms with van der Waals surface area (Å²) >= 11 is 1.89. The summed E-state index contributed by atoms with van der Waals surface area (Å²) in [6, 6.07) is 21.0. The molecule has 0 aliphatic rings. The molecule has 0 saturated carbocycles. The first-order chi connectivity index (χ1) is 8.34. The van der Waals surface area contributed by atoms with Crippen LogP contribution in [0.1, 0.15) is 18.1 Å². The summed E-state index contributed by atoms with van der Waals surface area (Å²) in [6.07, 6.45) is 2.23. The predicted octanol–water partition coefficient (Wildman–Crippen LogP) is 4.98. The van der Waals surface area contributed by atoms with E-state index in [-0.39, 0.29) is 0 Å². The quantitative estimate of drug-likeness (QED) is 0.726. The van der Waals surface area contributed by atoms with E-state index in [9.17, 15) is 0 Å². The van der Waals surface area contributed by atoms with Crippen molar-refractivity contribution in [2.75, 3.05) is 0 Å². The van der Waals surface area contributed by atoms with Crippen molar-refractivity contribution in [3.05, 3.63) is 76.7 Å². The number of rotatable bonds is 4. The van der Waals surface area contributed by atoms with Crippen LogP contribution >= 0.6 is 11.8 Å². The van der Waals surface area contributed by atoms with Gasteiger partial charge in [-0.2, -0.15) is 0 Å². The zero-order valence-electron chi connectivity index (χ0n) is 9.97. The van der Waals surface area contributed by atoms with Gasteiger partial charge in [0.05, 0.1) is 0 Å². The highest BCUT2D eigenvalue weighted by Gasteiger charge is 1.94. The van der Waals surface area contributed by atoms with E-state index in [4.69, 9.17) is 0 Å². The third-order valence-corrected chi connectivity index (χ3v) is 3.53. The maximum absolute atomic E-state index is 2.23. The van der Waals surface area contributed by atoms with E-state index < -0.39 is 0 Å². The molecule has 0 aliphatic heterocycles. The van der Waals surface area contributed by atoms with Crippen LogP contribution in [0.3, 0.4) is 0 Å². The van der Waals surface area contributed by atoms with Crippen LogP contribution in [0.15, 0.2) is 65.6 Å². The molecule has 0 radical (unpaired) electrons. The lowest BCUT2D eigenvalue weighted by Crippen LogP contribution is -1.79. The molecule has 0 N–H and O–H groups in total. The Balaban J connectivity index is 1.94. The van der Waals surface area contributed by atoms with Gasteiger partial charge in [-0.15, -0.1) is 11.8 Å². The highest BCUT2D eigenvalue weighted by atomic mass is 32.2. The van der Waals surface area contributed by atoms with Gasteiger partial charge < -0.3 is 0 Å². The Bertz CT molecular complexity index is 471. The second kappa shape index (κ2) is 6.31. The molecule has 0 aromatic heterocycles. The zero-order chi connectivity index (χ0) is 11.9. The number of allylic oxidation sites excluding steroid dienone is 1. The average Bonchev–Trinajstić information content (AvgIpc) is 2.39. The normalized spacial score (nSPS) is 11.5. The van der Waals surface area contributed by atoms with Crippen LogP contribution in [0.5, 0.6) is 0 Å². The SMILES string of the molecule is C/C(=C\c1ccccc1)SCc1ccccc1. The van der Waals surface area contributed by atoms with Crippen LogP contribution in [0, 0.1) is 0 Å². The first-order valence-electron chi connectivity index (χ1n) is 5.75. The van der Waals surface area contributed by atoms with Gasteiger partial charge in [-0.05, 0) is 29.0 Å². The molecule has 0 bridgehead atoms. The number of benzene rings is 2. The Morgan fingerprint density at radius 3 is 2.18 bits per heavy atom. The summed E-state index contributed by atoms with van der Waals surface area (Å²) in [6.45, 7) is 2.17. The summed E-state index contributed by atoms with van der Waals surface area (Å²) in [5, 5.41) is 0. The van der Waals surface area contributed by atoms with E-state index in [1.807, 2.05) is 17.8 Å². The van der Waals surface area contributed by atoms with Gasteiger partial charge in [0, 0.05) is 5.75 Å². The first kappa shape index (κ1) is 12.0. The molecule has 0 unspecified atom stereocenters. The molecule has 1 heteroatoms. The molecule has 2 rings (SSSR count). The lowest BCUT2D eigenvalue weighted by atomic mass is 10.2. The van der Waals surface area contributed by atoms with E-state index in [0.717, 1.165) is 5.75 Å². The Labute approximate surface area is 107 Å². The molecular formula is C16H16S. The van der Waals surface area contributed by atoms with Crippen LogP contribution in [-0.4, -0.2) is 0 Å². The second-order valence-corrected chi connectivity index (χ2v) is 5.16. The molecule has 0 amide bonds. The second-order valence-electron chi connectivity index (χ2n) is 3.94. The Morgan fingerprint density at radius 2 is 1.53 bits per heavy atom. The fourth-order valence-electron chi connectivity index (χ4n) is 1.60. The Hall–Kier alpha value is -1.47. The highest BCUT2D eigenvalue weighted by molar-refractivity contribution is 8.02. The van der Waals surface area contributed by atoms with E-state index in [1.165, 1.54) is 16.0 Å². The summed E-state index contributed by atoms with van der Waals surface area (Å²) in [7, 11) is 0. The van der Waals surface area contributed by atoms with Crippen molar-refractivity contribution in [2.45, 2.75) is 12.7 Å². The minimum Gasteiger partial charge on any atom is -0.126 e. The molecule has 17 heavy (non-hydrogen) atoms. The largest absolute Gasteiger partial charge is 0.126 e. The minimum atomic E-state index is 1.04. The molecular weight excluding hydrogens is 224 g/mol. The van der Waals surface area contributed by atoms with Crippen molar-refractivity contribution in [2.24, 2.45) is 0 Å². The molecule has 0 aliphatic carbocycles. The topological polar surface area (TPSA) is 0 Å². The van der Waals surface area contributed by atoms with E-state index in [0.29, 0.717) is 0 Å². The molecule has 2 aromatic carbocycles. The van der Waals surface area contributed by atoms with E-state index >= 15 is 0 Å². The molecule has 0 spiro atoms. The smallest absolute Gasteiger partial charge is 0.0228 e. The number of thioether (sulfide) groups is 1. The van der Waals surface area contributed by atoms with Gasteiger partial charge in [0.2, 0.25) is 0 Å². The van der Waals surface area contributed by atoms with Crippen molar-refractivity contribution in [3.8, 4) is 0 Å². The van der Waals surface area contributed by atoms with Gasteiger partial charge in [0.25, 0.3) is 0 Å². The Kier molecular flexibility index (Phi) is 4.45. The predicted molar refractivity (Wildman–Crippen MR) is 77.8 cm³/mol. The Morgan fingerprint density at radius 1 is 0.941 bits per heavy atom. The van der Waals surface area contributed by atoms with Gasteiger partial charge in [-0.1, -0.05) is 60.7 Å². The molecule has 2 aromatic rings. The molecule has 0 saturated heterocycles. The summed E-state index contributed by atoms with van der Waals surface area (Å²) in [4.78, 5) is 1.35. The average molecular weight is 240 g/mol. The fraction of sp³-hybridized carbons (Fsp3) is 0.125. The first-order valence-corrected chi connectivity index (χ1v) is 6.73. The van der Waals surface area contributed by atoms with Crippen LogP contribution in [0.25, 0.3) is 6.08 Å². The number of hydrogen-bond acceptors (Lipinski definition) is 1. The van der Waals surface area contributed by atoms with Crippen molar-refractivity contribution < 1.29 is 0 Å². The summed E-state index contributed by atoms with van der Waals surface area (Å²) in [5.41, 5.74) is 2.64. The fourth-order valence-corrected chi connectivity index (χ4v) is 2.40. The van der Waals surface area contributed by atoms with Crippen molar-refractivity contribution in [1.29, 1.82) is 0 Å². The van der Waals surface area contributed by atoms with Crippen LogP contribution in [0.2, 0.25) is 0 Å². The molecule has 0 heterocycles. The van der Waals surface area contributed by atoms with Gasteiger partial charge in [0.1, 0.15) is 0 Å². The minimum absolute atomic E-state index is 1.04. The third-order valence-electron chi connectivity index (χ3n) is 2.48. The van der Waals surface area contributed by atoms with Crippen LogP contribution in [0.4, 0.5) is 0 Å².